The maximum absolute atomic E-state index is 11.6. The van der Waals surface area contributed by atoms with E-state index in [1.807, 2.05) is 0 Å². The van der Waals surface area contributed by atoms with Crippen LogP contribution >= 0.6 is 12.4 Å². The highest BCUT2D eigenvalue weighted by Crippen LogP contribution is 2.38. The molecule has 0 unspecified atom stereocenters. The van der Waals surface area contributed by atoms with Gasteiger partial charge in [0, 0.05) is 6.54 Å². The molecule has 0 aliphatic carbocycles. The van der Waals surface area contributed by atoms with Gasteiger partial charge in [0.25, 0.3) is 0 Å². The summed E-state index contributed by atoms with van der Waals surface area (Å²) in [5, 5.41) is 5.06. The first-order valence-corrected chi connectivity index (χ1v) is 6.58. The highest BCUT2D eigenvalue weighted by molar-refractivity contribution is 5.85. The average Bonchev–Trinajstić information content (AvgIpc) is 2.56. The summed E-state index contributed by atoms with van der Waals surface area (Å²) < 4.78 is 15.7. The lowest BCUT2D eigenvalue weighted by Gasteiger charge is -2.14. The largest absolute Gasteiger partial charge is 0.493 e. The van der Waals surface area contributed by atoms with Crippen molar-refractivity contribution in [2.24, 2.45) is 5.73 Å². The third kappa shape index (κ3) is 6.21. The van der Waals surface area contributed by atoms with Gasteiger partial charge in [-0.15, -0.1) is 12.4 Å². The fraction of sp³-hybridized carbons (Fsp3) is 0.429. The van der Waals surface area contributed by atoms with Crippen LogP contribution in [0.1, 0.15) is 5.56 Å². The van der Waals surface area contributed by atoms with Gasteiger partial charge in [-0.3, -0.25) is 9.59 Å². The first-order valence-electron chi connectivity index (χ1n) is 6.58. The van der Waals surface area contributed by atoms with Crippen molar-refractivity contribution >= 4 is 24.2 Å². The summed E-state index contributed by atoms with van der Waals surface area (Å²) in [5.41, 5.74) is 5.90. The van der Waals surface area contributed by atoms with Crippen LogP contribution in [0.3, 0.4) is 0 Å². The maximum Gasteiger partial charge on any atom is 0.239 e. The molecule has 23 heavy (non-hydrogen) atoms. The van der Waals surface area contributed by atoms with Crippen LogP contribution < -0.4 is 30.6 Å². The molecule has 130 valence electrons. The predicted molar refractivity (Wildman–Crippen MR) is 87.3 cm³/mol. The number of hydrogen-bond donors (Lipinski definition) is 3. The van der Waals surface area contributed by atoms with E-state index in [1.54, 1.807) is 12.1 Å². The van der Waals surface area contributed by atoms with Gasteiger partial charge >= 0.3 is 0 Å². The van der Waals surface area contributed by atoms with E-state index < -0.39 is 0 Å². The third-order valence-electron chi connectivity index (χ3n) is 2.85. The molecule has 8 nitrogen and oxygen atoms in total. The van der Waals surface area contributed by atoms with E-state index in [4.69, 9.17) is 19.9 Å². The van der Waals surface area contributed by atoms with Crippen molar-refractivity contribution in [3.8, 4) is 17.2 Å². The van der Waals surface area contributed by atoms with Gasteiger partial charge in [-0.1, -0.05) is 0 Å². The van der Waals surface area contributed by atoms with Gasteiger partial charge in [0.1, 0.15) is 0 Å². The maximum atomic E-state index is 11.6. The molecule has 0 aromatic heterocycles. The van der Waals surface area contributed by atoms with E-state index in [0.29, 0.717) is 17.2 Å². The number of carbonyl (C=O) groups excluding carboxylic acids is 2. The molecule has 2 amide bonds. The molecule has 0 aliphatic heterocycles. The molecule has 0 fully saturated rings. The third-order valence-corrected chi connectivity index (χ3v) is 2.85. The van der Waals surface area contributed by atoms with E-state index in [2.05, 4.69) is 10.6 Å². The summed E-state index contributed by atoms with van der Waals surface area (Å²) >= 11 is 0. The van der Waals surface area contributed by atoms with Crippen molar-refractivity contribution in [3.63, 3.8) is 0 Å². The molecule has 0 spiro atoms. The molecule has 4 N–H and O–H groups in total. The van der Waals surface area contributed by atoms with Crippen molar-refractivity contribution < 1.29 is 23.8 Å². The smallest absolute Gasteiger partial charge is 0.239 e. The lowest BCUT2D eigenvalue weighted by molar-refractivity contribution is -0.125. The zero-order valence-electron chi connectivity index (χ0n) is 13.3. The molecule has 0 bridgehead atoms. The molecule has 0 saturated carbocycles. The summed E-state index contributed by atoms with van der Waals surface area (Å²) in [6, 6.07) is 3.47. The van der Waals surface area contributed by atoms with Gasteiger partial charge < -0.3 is 30.6 Å². The Morgan fingerprint density at radius 3 is 2.00 bits per heavy atom. The van der Waals surface area contributed by atoms with Gasteiger partial charge in [-0.2, -0.15) is 0 Å². The number of hydrogen-bond acceptors (Lipinski definition) is 6. The first-order chi connectivity index (χ1) is 10.5. The van der Waals surface area contributed by atoms with Gasteiger partial charge in [-0.25, -0.2) is 0 Å². The topological polar surface area (TPSA) is 112 Å². The zero-order valence-corrected chi connectivity index (χ0v) is 14.1. The quantitative estimate of drug-likeness (QED) is 0.601. The molecule has 0 saturated heterocycles. The Kier molecular flexibility index (Phi) is 9.52. The fourth-order valence-corrected chi connectivity index (χ4v) is 1.75. The minimum absolute atomic E-state index is 0. The Morgan fingerprint density at radius 1 is 1.00 bits per heavy atom. The van der Waals surface area contributed by atoms with E-state index in [0.717, 1.165) is 5.56 Å². The lowest BCUT2D eigenvalue weighted by Crippen LogP contribution is -2.39. The van der Waals surface area contributed by atoms with Crippen molar-refractivity contribution in [2.45, 2.75) is 6.54 Å². The Balaban J connectivity index is 0.00000484. The summed E-state index contributed by atoms with van der Waals surface area (Å²) in [4.78, 5) is 22.6. The molecule has 1 aromatic carbocycles. The number of ether oxygens (including phenoxy) is 3. The second-order valence-corrected chi connectivity index (χ2v) is 4.29. The number of nitrogens with one attached hydrogen (secondary N) is 2. The number of halogens is 1. The summed E-state index contributed by atoms with van der Waals surface area (Å²) in [6.07, 6.45) is 0. The Hall–Kier alpha value is -2.19. The summed E-state index contributed by atoms with van der Waals surface area (Å²) in [6.45, 7) is -0.0192. The Morgan fingerprint density at radius 2 is 1.57 bits per heavy atom. The number of amides is 2. The van der Waals surface area contributed by atoms with Gasteiger partial charge in [0.15, 0.2) is 11.5 Å². The van der Waals surface area contributed by atoms with Gasteiger partial charge in [0.2, 0.25) is 17.6 Å². The number of nitrogens with two attached hydrogens (primary N) is 1. The average molecular weight is 348 g/mol. The monoisotopic (exact) mass is 347 g/mol. The lowest BCUT2D eigenvalue weighted by atomic mass is 10.1. The highest BCUT2D eigenvalue weighted by Gasteiger charge is 2.13. The fourth-order valence-electron chi connectivity index (χ4n) is 1.75. The number of carbonyl (C=O) groups is 2. The summed E-state index contributed by atoms with van der Waals surface area (Å²) in [5.74, 6) is 0.777. The molecular weight excluding hydrogens is 326 g/mol. The van der Waals surface area contributed by atoms with Crippen LogP contribution in [0.4, 0.5) is 0 Å². The van der Waals surface area contributed by atoms with Crippen molar-refractivity contribution in [2.75, 3.05) is 34.4 Å². The van der Waals surface area contributed by atoms with Crippen LogP contribution in [0, 0.1) is 0 Å². The molecule has 9 heteroatoms. The van der Waals surface area contributed by atoms with Crippen LogP contribution in [-0.4, -0.2) is 46.2 Å². The minimum atomic E-state index is -0.386. The summed E-state index contributed by atoms with van der Waals surface area (Å²) in [7, 11) is 4.55. The van der Waals surface area contributed by atoms with E-state index >= 15 is 0 Å². The zero-order chi connectivity index (χ0) is 16.5. The van der Waals surface area contributed by atoms with Crippen LogP contribution in [-0.2, 0) is 16.1 Å². The molecule has 0 atom stereocenters. The van der Waals surface area contributed by atoms with Crippen LogP contribution in [0.5, 0.6) is 17.2 Å². The minimum Gasteiger partial charge on any atom is -0.493 e. The second-order valence-electron chi connectivity index (χ2n) is 4.29. The van der Waals surface area contributed by atoms with E-state index in [1.165, 1.54) is 21.3 Å². The molecule has 1 aromatic rings. The molecular formula is C14H22ClN3O5. The Bertz CT molecular complexity index is 514. The second kappa shape index (κ2) is 10.5. The van der Waals surface area contributed by atoms with Crippen molar-refractivity contribution in [3.05, 3.63) is 17.7 Å². The Labute approximate surface area is 141 Å². The number of benzene rings is 1. The highest BCUT2D eigenvalue weighted by atomic mass is 35.5. The predicted octanol–water partition coefficient (Wildman–Crippen LogP) is -0.175. The molecule has 0 aliphatic rings. The van der Waals surface area contributed by atoms with Crippen LogP contribution in [0.25, 0.3) is 0 Å². The van der Waals surface area contributed by atoms with Crippen LogP contribution in [0.15, 0.2) is 12.1 Å². The van der Waals surface area contributed by atoms with Crippen molar-refractivity contribution in [1.82, 2.24) is 10.6 Å². The van der Waals surface area contributed by atoms with Gasteiger partial charge in [0.05, 0.1) is 34.4 Å². The van der Waals surface area contributed by atoms with E-state index in [-0.39, 0.29) is 43.9 Å². The first kappa shape index (κ1) is 20.8. The number of methoxy groups -OCH3 is 3. The SMILES string of the molecule is COc1cc(CNC(=O)CNC(=O)CN)cc(OC)c1OC.Cl. The van der Waals surface area contributed by atoms with Crippen molar-refractivity contribution in [1.29, 1.82) is 0 Å². The molecule has 1 rings (SSSR count). The molecule has 0 radical (unpaired) electrons. The van der Waals surface area contributed by atoms with E-state index in [9.17, 15) is 9.59 Å². The number of rotatable bonds is 8. The standard InChI is InChI=1S/C14H21N3O5.ClH/c1-20-10-4-9(5-11(21-2)14(10)22-3)7-16-13(19)8-17-12(18)6-15;/h4-5H,6-8,15H2,1-3H3,(H,16,19)(H,17,18);1H. The molecule has 0 heterocycles. The normalized spacial score (nSPS) is 9.39. The van der Waals surface area contributed by atoms with Gasteiger partial charge in [-0.05, 0) is 17.7 Å². The van der Waals surface area contributed by atoms with Crippen LogP contribution in [0.2, 0.25) is 0 Å².